The molecule has 0 radical (unpaired) electrons. The molecule has 130 valence electrons. The number of hydrogen-bond acceptors (Lipinski definition) is 4. The Morgan fingerprint density at radius 2 is 1.96 bits per heavy atom. The Morgan fingerprint density at radius 1 is 1.12 bits per heavy atom. The highest BCUT2D eigenvalue weighted by Gasteiger charge is 2.25. The fourth-order valence-electron chi connectivity index (χ4n) is 3.51. The van der Waals surface area contributed by atoms with E-state index in [0.717, 1.165) is 30.4 Å². The molecule has 0 amide bonds. The van der Waals surface area contributed by atoms with Gasteiger partial charge in [-0.2, -0.15) is 0 Å². The predicted molar refractivity (Wildman–Crippen MR) is 97.3 cm³/mol. The first kappa shape index (κ1) is 16.3. The second-order valence-corrected chi connectivity index (χ2v) is 8.35. The Labute approximate surface area is 147 Å². The first-order chi connectivity index (χ1) is 12.2. The molecular formula is C19H21N3O2S. The van der Waals surface area contributed by atoms with Crippen LogP contribution in [0.3, 0.4) is 0 Å². The average Bonchev–Trinajstić information content (AvgIpc) is 3.03. The third-order valence-electron chi connectivity index (χ3n) is 4.78. The summed E-state index contributed by atoms with van der Waals surface area (Å²) in [6.07, 6.45) is 6.83. The van der Waals surface area contributed by atoms with Gasteiger partial charge in [-0.15, -0.1) is 0 Å². The zero-order valence-corrected chi connectivity index (χ0v) is 14.7. The van der Waals surface area contributed by atoms with Crippen LogP contribution >= 0.6 is 0 Å². The van der Waals surface area contributed by atoms with Gasteiger partial charge in [0.1, 0.15) is 0 Å². The maximum Gasteiger partial charge on any atom is 0.225 e. The Balaban J connectivity index is 1.80. The van der Waals surface area contributed by atoms with Crippen LogP contribution in [0.4, 0.5) is 0 Å². The summed E-state index contributed by atoms with van der Waals surface area (Å²) >= 11 is 0. The molecule has 2 aromatic heterocycles. The van der Waals surface area contributed by atoms with Gasteiger partial charge in [0.2, 0.25) is 9.84 Å². The summed E-state index contributed by atoms with van der Waals surface area (Å²) in [7, 11) is -3.64. The number of nitrogens with one attached hydrogen (secondary N) is 1. The van der Waals surface area contributed by atoms with E-state index in [1.54, 1.807) is 24.4 Å². The third-order valence-corrected chi connectivity index (χ3v) is 6.48. The van der Waals surface area contributed by atoms with Crippen molar-refractivity contribution in [3.63, 3.8) is 0 Å². The van der Waals surface area contributed by atoms with Crippen LogP contribution in [-0.4, -0.2) is 30.6 Å². The molecule has 1 aliphatic rings. The van der Waals surface area contributed by atoms with Crippen LogP contribution in [0.5, 0.6) is 0 Å². The first-order valence-corrected chi connectivity index (χ1v) is 10.1. The van der Waals surface area contributed by atoms with Gasteiger partial charge in [-0.25, -0.2) is 13.4 Å². The van der Waals surface area contributed by atoms with Crippen molar-refractivity contribution >= 4 is 20.7 Å². The molecule has 1 N–H and O–H groups in total. The fraction of sp³-hybridized carbons (Fsp3) is 0.316. The minimum atomic E-state index is -3.64. The number of nitrogens with zero attached hydrogens (tertiary/aromatic N) is 2. The van der Waals surface area contributed by atoms with E-state index in [0.29, 0.717) is 10.9 Å². The minimum Gasteiger partial charge on any atom is -0.345 e. The lowest BCUT2D eigenvalue weighted by atomic mass is 10.1. The monoisotopic (exact) mass is 355 g/mol. The molecule has 0 saturated carbocycles. The van der Waals surface area contributed by atoms with Crippen molar-refractivity contribution in [3.05, 3.63) is 54.9 Å². The molecule has 5 nitrogen and oxygen atoms in total. The quantitative estimate of drug-likeness (QED) is 0.781. The molecular weight excluding hydrogens is 334 g/mol. The van der Waals surface area contributed by atoms with Gasteiger partial charge in [-0.05, 0) is 37.6 Å². The molecule has 0 bridgehead atoms. The van der Waals surface area contributed by atoms with Crippen LogP contribution in [0, 0.1) is 0 Å². The zero-order chi connectivity index (χ0) is 17.3. The smallest absolute Gasteiger partial charge is 0.225 e. The minimum absolute atomic E-state index is 0.0914. The lowest BCUT2D eigenvalue weighted by Gasteiger charge is -2.24. The Kier molecular flexibility index (Phi) is 4.31. The van der Waals surface area contributed by atoms with E-state index < -0.39 is 9.84 Å². The number of sulfone groups is 1. The maximum atomic E-state index is 13.1. The number of pyridine rings is 1. The summed E-state index contributed by atoms with van der Waals surface area (Å²) in [5.74, 6) is 0. The molecule has 1 aliphatic heterocycles. The van der Waals surface area contributed by atoms with Gasteiger partial charge in [-0.3, -0.25) is 0 Å². The van der Waals surface area contributed by atoms with Gasteiger partial charge in [-0.1, -0.05) is 30.7 Å². The average molecular weight is 355 g/mol. The number of benzene rings is 1. The lowest BCUT2D eigenvalue weighted by Crippen LogP contribution is -2.37. The molecule has 6 heteroatoms. The fourth-order valence-corrected chi connectivity index (χ4v) is 4.93. The summed E-state index contributed by atoms with van der Waals surface area (Å²) in [5, 5.41) is 4.37. The van der Waals surface area contributed by atoms with E-state index in [9.17, 15) is 8.42 Å². The molecule has 0 aliphatic carbocycles. The summed E-state index contributed by atoms with van der Waals surface area (Å²) in [5.41, 5.74) is 0.948. The van der Waals surface area contributed by atoms with Gasteiger partial charge < -0.3 is 9.88 Å². The van der Waals surface area contributed by atoms with E-state index in [2.05, 4.69) is 14.9 Å². The van der Waals surface area contributed by atoms with E-state index in [1.807, 2.05) is 24.3 Å². The predicted octanol–water partition coefficient (Wildman–Crippen LogP) is 3.01. The number of para-hydroxylation sites is 1. The normalized spacial score (nSPS) is 18.5. The summed E-state index contributed by atoms with van der Waals surface area (Å²) in [6, 6.07) is 13.0. The van der Waals surface area contributed by atoms with Gasteiger partial charge >= 0.3 is 0 Å². The molecule has 25 heavy (non-hydrogen) atoms. The van der Waals surface area contributed by atoms with Crippen LogP contribution in [-0.2, 0) is 16.4 Å². The highest BCUT2D eigenvalue weighted by atomic mass is 32.2. The van der Waals surface area contributed by atoms with Crippen LogP contribution in [0.1, 0.15) is 19.3 Å². The van der Waals surface area contributed by atoms with Crippen molar-refractivity contribution in [2.24, 2.45) is 0 Å². The Bertz CT molecular complexity index is 974. The first-order valence-electron chi connectivity index (χ1n) is 8.63. The Hall–Kier alpha value is -2.18. The van der Waals surface area contributed by atoms with Gasteiger partial charge in [0.15, 0.2) is 5.03 Å². The lowest BCUT2D eigenvalue weighted by molar-refractivity contribution is 0.366. The van der Waals surface area contributed by atoms with Gasteiger partial charge in [0, 0.05) is 35.9 Å². The number of rotatable bonds is 4. The van der Waals surface area contributed by atoms with Crippen LogP contribution in [0.25, 0.3) is 10.9 Å². The van der Waals surface area contributed by atoms with E-state index >= 15 is 0 Å². The number of fused-ring (bicyclic) bond motifs is 1. The van der Waals surface area contributed by atoms with Crippen molar-refractivity contribution in [1.29, 1.82) is 0 Å². The largest absolute Gasteiger partial charge is 0.345 e. The van der Waals surface area contributed by atoms with Crippen LogP contribution in [0.15, 0.2) is 64.8 Å². The molecule has 1 atom stereocenters. The van der Waals surface area contributed by atoms with Gasteiger partial charge in [0.05, 0.1) is 4.90 Å². The Morgan fingerprint density at radius 3 is 2.72 bits per heavy atom. The van der Waals surface area contributed by atoms with E-state index in [4.69, 9.17) is 0 Å². The standard InChI is InChI=1S/C19H21N3O2S/c23-25(24,19-10-4-6-12-21-19)18-14-22(13-15-7-3-5-11-20-15)17-9-2-1-8-16(17)18/h1-2,4,6,8-10,12,14-15,20H,3,5,7,11,13H2. The van der Waals surface area contributed by atoms with Crippen molar-refractivity contribution in [1.82, 2.24) is 14.9 Å². The third kappa shape index (κ3) is 3.07. The van der Waals surface area contributed by atoms with Crippen molar-refractivity contribution in [2.75, 3.05) is 6.54 Å². The zero-order valence-electron chi connectivity index (χ0n) is 13.9. The van der Waals surface area contributed by atoms with Crippen molar-refractivity contribution in [2.45, 2.75) is 41.8 Å². The maximum absolute atomic E-state index is 13.1. The van der Waals surface area contributed by atoms with Gasteiger partial charge in [0.25, 0.3) is 0 Å². The van der Waals surface area contributed by atoms with Crippen molar-refractivity contribution in [3.8, 4) is 0 Å². The molecule has 1 fully saturated rings. The summed E-state index contributed by atoms with van der Waals surface area (Å²) < 4.78 is 28.2. The number of aromatic nitrogens is 2. The molecule has 1 aromatic carbocycles. The molecule has 4 rings (SSSR count). The molecule has 0 spiro atoms. The van der Waals surface area contributed by atoms with Crippen LogP contribution in [0.2, 0.25) is 0 Å². The molecule has 1 saturated heterocycles. The summed E-state index contributed by atoms with van der Waals surface area (Å²) in [4.78, 5) is 4.38. The highest BCUT2D eigenvalue weighted by Crippen LogP contribution is 2.29. The highest BCUT2D eigenvalue weighted by molar-refractivity contribution is 7.91. The topological polar surface area (TPSA) is 64.0 Å². The second kappa shape index (κ2) is 6.61. The van der Waals surface area contributed by atoms with Crippen molar-refractivity contribution < 1.29 is 8.42 Å². The SMILES string of the molecule is O=S(=O)(c1ccccn1)c1cn(CC2CCCCN2)c2ccccc12. The molecule has 3 aromatic rings. The number of piperidine rings is 1. The summed E-state index contributed by atoms with van der Waals surface area (Å²) in [6.45, 7) is 1.81. The molecule has 1 unspecified atom stereocenters. The van der Waals surface area contributed by atoms with Crippen LogP contribution < -0.4 is 5.32 Å². The number of hydrogen-bond donors (Lipinski definition) is 1. The second-order valence-electron chi connectivity index (χ2n) is 6.48. The molecule has 3 heterocycles. The van der Waals surface area contributed by atoms with E-state index in [-0.39, 0.29) is 5.03 Å². The van der Waals surface area contributed by atoms with E-state index in [1.165, 1.54) is 19.0 Å².